The van der Waals surface area contributed by atoms with Gasteiger partial charge in [0, 0.05) is 40.3 Å². The van der Waals surface area contributed by atoms with E-state index in [4.69, 9.17) is 5.73 Å². The Balaban J connectivity index is 1.54. The molecule has 0 unspecified atom stereocenters. The molecule has 3 N–H and O–H groups in total. The van der Waals surface area contributed by atoms with Gasteiger partial charge in [0.15, 0.2) is 0 Å². The number of nitrogens with one attached hydrogen (secondary N) is 1. The number of aromatic nitrogens is 1. The summed E-state index contributed by atoms with van der Waals surface area (Å²) in [5, 5.41) is 5.99. The zero-order valence-electron chi connectivity index (χ0n) is 15.6. The predicted molar refractivity (Wildman–Crippen MR) is 118 cm³/mol. The number of aryl methyl sites for hydroxylation is 1. The first-order valence-electron chi connectivity index (χ1n) is 8.86. The van der Waals surface area contributed by atoms with Crippen LogP contribution < -0.4 is 16.0 Å². The largest absolute Gasteiger partial charge is 0.383 e. The van der Waals surface area contributed by atoms with Crippen LogP contribution in [0.3, 0.4) is 0 Å². The van der Waals surface area contributed by atoms with E-state index in [1.54, 1.807) is 29.5 Å². The van der Waals surface area contributed by atoms with Gasteiger partial charge in [-0.1, -0.05) is 24.3 Å². The standard InChI is InChI=1S/C22H20N4OS/c1-14-4-3-5-17(12-14)26(2)22(27)25-16-8-6-15(7-9-16)18-13-28-19-10-11-24-21(23)20(18)19/h3-13H,1-2H3,(H2,23,24)(H,25,27). The van der Waals surface area contributed by atoms with Crippen LogP contribution in [0.1, 0.15) is 5.56 Å². The van der Waals surface area contributed by atoms with Crippen LogP contribution in [0.4, 0.5) is 22.0 Å². The average molecular weight is 388 g/mol. The first kappa shape index (κ1) is 18.0. The predicted octanol–water partition coefficient (Wildman–Crippen LogP) is 5.52. The minimum absolute atomic E-state index is 0.187. The van der Waals surface area contributed by atoms with Crippen molar-refractivity contribution in [1.29, 1.82) is 0 Å². The van der Waals surface area contributed by atoms with Crippen molar-refractivity contribution in [1.82, 2.24) is 4.98 Å². The molecule has 28 heavy (non-hydrogen) atoms. The number of thiophene rings is 1. The van der Waals surface area contributed by atoms with Crippen molar-refractivity contribution in [2.45, 2.75) is 6.92 Å². The molecule has 0 aliphatic heterocycles. The lowest BCUT2D eigenvalue weighted by Gasteiger charge is -2.18. The molecular formula is C22H20N4OS. The van der Waals surface area contributed by atoms with Crippen LogP contribution in [0.2, 0.25) is 0 Å². The Bertz CT molecular complexity index is 1150. The molecule has 4 aromatic rings. The lowest BCUT2D eigenvalue weighted by Crippen LogP contribution is -2.31. The quantitative estimate of drug-likeness (QED) is 0.485. The highest BCUT2D eigenvalue weighted by Gasteiger charge is 2.13. The van der Waals surface area contributed by atoms with E-state index in [1.807, 2.05) is 61.5 Å². The number of hydrogen-bond acceptors (Lipinski definition) is 4. The molecule has 0 aliphatic carbocycles. The fourth-order valence-electron chi connectivity index (χ4n) is 3.12. The summed E-state index contributed by atoms with van der Waals surface area (Å²) in [5.74, 6) is 0.533. The number of benzene rings is 2. The number of nitrogen functional groups attached to an aromatic ring is 1. The molecular weight excluding hydrogens is 368 g/mol. The summed E-state index contributed by atoms with van der Waals surface area (Å²) in [4.78, 5) is 18.3. The van der Waals surface area contributed by atoms with Gasteiger partial charge in [0.25, 0.3) is 0 Å². The fraction of sp³-hybridized carbons (Fsp3) is 0.0909. The molecule has 6 heteroatoms. The Kier molecular flexibility index (Phi) is 4.71. The van der Waals surface area contributed by atoms with E-state index in [9.17, 15) is 4.79 Å². The Labute approximate surface area is 167 Å². The van der Waals surface area contributed by atoms with Gasteiger partial charge < -0.3 is 11.1 Å². The number of fused-ring (bicyclic) bond motifs is 1. The molecule has 0 saturated carbocycles. The zero-order chi connectivity index (χ0) is 19.7. The molecule has 0 aliphatic rings. The highest BCUT2D eigenvalue weighted by Crippen LogP contribution is 2.36. The van der Waals surface area contributed by atoms with Gasteiger partial charge in [-0.05, 0) is 53.8 Å². The van der Waals surface area contributed by atoms with Crippen LogP contribution in [0, 0.1) is 6.92 Å². The highest BCUT2D eigenvalue weighted by molar-refractivity contribution is 7.17. The fourth-order valence-corrected chi connectivity index (χ4v) is 4.09. The maximum atomic E-state index is 12.5. The summed E-state index contributed by atoms with van der Waals surface area (Å²) in [6.07, 6.45) is 1.72. The van der Waals surface area contributed by atoms with Gasteiger partial charge in [-0.2, -0.15) is 0 Å². The SMILES string of the molecule is Cc1cccc(N(C)C(=O)Nc2ccc(-c3csc4ccnc(N)c34)cc2)c1. The number of rotatable bonds is 3. The summed E-state index contributed by atoms with van der Waals surface area (Å²) in [6, 6.07) is 17.4. The molecule has 0 saturated heterocycles. The summed E-state index contributed by atoms with van der Waals surface area (Å²) in [6.45, 7) is 2.00. The van der Waals surface area contributed by atoms with Crippen molar-refractivity contribution in [3.8, 4) is 11.1 Å². The molecule has 2 heterocycles. The van der Waals surface area contributed by atoms with E-state index >= 15 is 0 Å². The maximum Gasteiger partial charge on any atom is 0.326 e. The van der Waals surface area contributed by atoms with Crippen LogP contribution in [0.15, 0.2) is 66.2 Å². The molecule has 0 atom stereocenters. The second-order valence-corrected chi connectivity index (χ2v) is 7.54. The first-order chi connectivity index (χ1) is 13.5. The van der Waals surface area contributed by atoms with Crippen molar-refractivity contribution in [2.24, 2.45) is 0 Å². The highest BCUT2D eigenvalue weighted by atomic mass is 32.1. The molecule has 2 aromatic heterocycles. The van der Waals surface area contributed by atoms with Crippen LogP contribution in [0.5, 0.6) is 0 Å². The van der Waals surface area contributed by atoms with Gasteiger partial charge in [-0.25, -0.2) is 9.78 Å². The van der Waals surface area contributed by atoms with E-state index in [2.05, 4.69) is 15.7 Å². The van der Waals surface area contributed by atoms with Crippen LogP contribution in [-0.2, 0) is 0 Å². The summed E-state index contributed by atoms with van der Waals surface area (Å²) >= 11 is 1.64. The van der Waals surface area contributed by atoms with E-state index in [0.717, 1.165) is 38.2 Å². The van der Waals surface area contributed by atoms with Crippen molar-refractivity contribution < 1.29 is 4.79 Å². The van der Waals surface area contributed by atoms with Crippen LogP contribution in [-0.4, -0.2) is 18.1 Å². The van der Waals surface area contributed by atoms with Gasteiger partial charge in [0.2, 0.25) is 0 Å². The van der Waals surface area contributed by atoms with Crippen molar-refractivity contribution in [3.05, 3.63) is 71.7 Å². The monoisotopic (exact) mass is 388 g/mol. The molecule has 2 aromatic carbocycles. The van der Waals surface area contributed by atoms with Gasteiger partial charge in [-0.15, -0.1) is 11.3 Å². The second-order valence-electron chi connectivity index (χ2n) is 6.62. The third kappa shape index (κ3) is 3.42. The van der Waals surface area contributed by atoms with Crippen molar-refractivity contribution >= 4 is 44.6 Å². The topological polar surface area (TPSA) is 71.2 Å². The van der Waals surface area contributed by atoms with Gasteiger partial charge in [0.05, 0.1) is 0 Å². The molecule has 0 bridgehead atoms. The summed E-state index contributed by atoms with van der Waals surface area (Å²) in [7, 11) is 1.76. The van der Waals surface area contributed by atoms with Crippen LogP contribution in [0.25, 0.3) is 21.2 Å². The van der Waals surface area contributed by atoms with Crippen LogP contribution >= 0.6 is 11.3 Å². The molecule has 0 fully saturated rings. The van der Waals surface area contributed by atoms with E-state index in [1.165, 1.54) is 0 Å². The molecule has 4 rings (SSSR count). The normalized spacial score (nSPS) is 10.8. The number of nitrogens with zero attached hydrogens (tertiary/aromatic N) is 2. The summed E-state index contributed by atoms with van der Waals surface area (Å²) in [5.41, 5.74) is 10.9. The molecule has 0 spiro atoms. The smallest absolute Gasteiger partial charge is 0.326 e. The zero-order valence-corrected chi connectivity index (χ0v) is 16.5. The number of amides is 2. The Hall–Kier alpha value is -3.38. The molecule has 140 valence electrons. The number of carbonyl (C=O) groups excluding carboxylic acids is 1. The van der Waals surface area contributed by atoms with Gasteiger partial charge in [0.1, 0.15) is 5.82 Å². The van der Waals surface area contributed by atoms with E-state index in [-0.39, 0.29) is 6.03 Å². The van der Waals surface area contributed by atoms with Crippen molar-refractivity contribution in [3.63, 3.8) is 0 Å². The third-order valence-electron chi connectivity index (χ3n) is 4.66. The minimum atomic E-state index is -0.187. The lowest BCUT2D eigenvalue weighted by atomic mass is 10.0. The number of urea groups is 1. The molecule has 0 radical (unpaired) electrons. The Morgan fingerprint density at radius 2 is 1.93 bits per heavy atom. The second kappa shape index (κ2) is 7.32. The lowest BCUT2D eigenvalue weighted by molar-refractivity contribution is 0.258. The van der Waals surface area contributed by atoms with Gasteiger partial charge in [-0.3, -0.25) is 4.90 Å². The van der Waals surface area contributed by atoms with E-state index in [0.29, 0.717) is 5.82 Å². The number of pyridine rings is 1. The van der Waals surface area contributed by atoms with Gasteiger partial charge >= 0.3 is 6.03 Å². The third-order valence-corrected chi connectivity index (χ3v) is 5.60. The Morgan fingerprint density at radius 3 is 2.68 bits per heavy atom. The minimum Gasteiger partial charge on any atom is -0.383 e. The number of carbonyl (C=O) groups is 1. The number of anilines is 3. The number of nitrogens with two attached hydrogens (primary N) is 1. The summed E-state index contributed by atoms with van der Waals surface area (Å²) < 4.78 is 1.11. The first-order valence-corrected chi connectivity index (χ1v) is 9.74. The number of hydrogen-bond donors (Lipinski definition) is 2. The Morgan fingerprint density at radius 1 is 1.14 bits per heavy atom. The molecule has 5 nitrogen and oxygen atoms in total. The average Bonchev–Trinajstić information content (AvgIpc) is 3.13. The van der Waals surface area contributed by atoms with E-state index < -0.39 is 0 Å². The maximum absolute atomic E-state index is 12.5. The van der Waals surface area contributed by atoms with Crippen molar-refractivity contribution in [2.75, 3.05) is 23.0 Å². The molecule has 2 amide bonds.